The highest BCUT2D eigenvalue weighted by molar-refractivity contribution is 6.05. The van der Waals surface area contributed by atoms with Gasteiger partial charge < -0.3 is 21.3 Å². The van der Waals surface area contributed by atoms with E-state index in [0.717, 1.165) is 25.9 Å². The molecule has 4 N–H and O–H groups in total. The van der Waals surface area contributed by atoms with Crippen molar-refractivity contribution in [3.05, 3.63) is 11.3 Å². The first-order chi connectivity index (χ1) is 12.0. The monoisotopic (exact) mass is 363 g/mol. The smallest absolute Gasteiger partial charge is 0.247 e. The van der Waals surface area contributed by atoms with E-state index in [1.54, 1.807) is 4.90 Å². The molecule has 0 atom stereocenters. The van der Waals surface area contributed by atoms with Gasteiger partial charge in [-0.3, -0.25) is 9.59 Å². The van der Waals surface area contributed by atoms with Crippen LogP contribution in [0.2, 0.25) is 0 Å². The van der Waals surface area contributed by atoms with E-state index in [-0.39, 0.29) is 29.5 Å². The molecule has 0 aliphatic carbocycles. The molecular formula is C19H33N5O2. The van der Waals surface area contributed by atoms with Gasteiger partial charge in [-0.2, -0.15) is 4.99 Å². The van der Waals surface area contributed by atoms with Crippen LogP contribution in [0, 0.1) is 11.8 Å². The van der Waals surface area contributed by atoms with Crippen LogP contribution >= 0.6 is 0 Å². The summed E-state index contributed by atoms with van der Waals surface area (Å²) in [6.07, 6.45) is 2.05. The second-order valence-corrected chi connectivity index (χ2v) is 8.44. The molecule has 7 nitrogen and oxygen atoms in total. The Hall–Kier alpha value is -1.89. The Bertz CT molecular complexity index is 628. The number of piperidine rings is 1. The van der Waals surface area contributed by atoms with Gasteiger partial charge in [-0.1, -0.05) is 13.8 Å². The molecule has 1 saturated heterocycles. The summed E-state index contributed by atoms with van der Waals surface area (Å²) in [5.41, 5.74) is 12.9. The van der Waals surface area contributed by atoms with E-state index < -0.39 is 5.54 Å². The zero-order chi connectivity index (χ0) is 19.6. The number of amidine groups is 1. The van der Waals surface area contributed by atoms with Crippen LogP contribution in [0.25, 0.3) is 0 Å². The van der Waals surface area contributed by atoms with Crippen molar-refractivity contribution in [2.45, 2.75) is 52.5 Å². The number of likely N-dealkylation sites (tertiary alicyclic amines) is 1. The molecule has 0 aromatic heterocycles. The van der Waals surface area contributed by atoms with Gasteiger partial charge in [0.25, 0.3) is 0 Å². The van der Waals surface area contributed by atoms with E-state index in [9.17, 15) is 9.59 Å². The summed E-state index contributed by atoms with van der Waals surface area (Å²) in [5.74, 6) is 0.226. The van der Waals surface area contributed by atoms with E-state index in [2.05, 4.69) is 16.9 Å². The number of carbonyl (C=O) groups excluding carboxylic acids is 2. The van der Waals surface area contributed by atoms with Gasteiger partial charge in [-0.25, -0.2) is 0 Å². The van der Waals surface area contributed by atoms with Gasteiger partial charge in [0.1, 0.15) is 5.84 Å². The minimum Gasteiger partial charge on any atom is -0.400 e. The summed E-state index contributed by atoms with van der Waals surface area (Å²) < 4.78 is 0. The van der Waals surface area contributed by atoms with Crippen molar-refractivity contribution in [3.63, 3.8) is 0 Å². The van der Waals surface area contributed by atoms with E-state index in [0.29, 0.717) is 24.2 Å². The summed E-state index contributed by atoms with van der Waals surface area (Å²) in [6, 6.07) is 0. The summed E-state index contributed by atoms with van der Waals surface area (Å²) in [6.45, 7) is 9.92. The summed E-state index contributed by atoms with van der Waals surface area (Å²) in [7, 11) is 2.07. The fourth-order valence-corrected chi connectivity index (χ4v) is 3.60. The Morgan fingerprint density at radius 3 is 2.38 bits per heavy atom. The first-order valence-corrected chi connectivity index (χ1v) is 9.40. The highest BCUT2D eigenvalue weighted by Crippen LogP contribution is 2.34. The quantitative estimate of drug-likeness (QED) is 0.575. The third kappa shape index (κ3) is 4.26. The van der Waals surface area contributed by atoms with E-state index in [4.69, 9.17) is 11.5 Å². The van der Waals surface area contributed by atoms with Gasteiger partial charge >= 0.3 is 0 Å². The van der Waals surface area contributed by atoms with Crippen LogP contribution in [0.1, 0.15) is 47.0 Å². The van der Waals surface area contributed by atoms with Gasteiger partial charge in [0.2, 0.25) is 11.8 Å². The average molecular weight is 364 g/mol. The molecule has 0 bridgehead atoms. The van der Waals surface area contributed by atoms with Crippen molar-refractivity contribution in [1.82, 2.24) is 9.80 Å². The maximum Gasteiger partial charge on any atom is 0.247 e. The Kier molecular flexibility index (Phi) is 6.11. The van der Waals surface area contributed by atoms with Crippen LogP contribution in [0.15, 0.2) is 16.3 Å². The van der Waals surface area contributed by atoms with E-state index in [1.165, 1.54) is 0 Å². The van der Waals surface area contributed by atoms with Crippen molar-refractivity contribution >= 4 is 17.6 Å². The zero-order valence-electron chi connectivity index (χ0n) is 16.7. The molecule has 0 aromatic carbocycles. The minimum absolute atomic E-state index is 0.0124. The normalized spacial score (nSPS) is 22.4. The lowest BCUT2D eigenvalue weighted by Crippen LogP contribution is -2.50. The van der Waals surface area contributed by atoms with Crippen LogP contribution < -0.4 is 11.5 Å². The van der Waals surface area contributed by atoms with Crippen LogP contribution in [0.5, 0.6) is 0 Å². The lowest BCUT2D eigenvalue weighted by Gasteiger charge is -2.37. The van der Waals surface area contributed by atoms with Gasteiger partial charge in [-0.15, -0.1) is 0 Å². The third-order valence-corrected chi connectivity index (χ3v) is 5.45. The van der Waals surface area contributed by atoms with Crippen LogP contribution in [0.4, 0.5) is 0 Å². The first kappa shape index (κ1) is 20.4. The lowest BCUT2D eigenvalue weighted by atomic mass is 9.93. The fraction of sp³-hybridized carbons (Fsp3) is 0.737. The number of nitrogens with zero attached hydrogens (tertiary/aromatic N) is 3. The molecule has 2 aliphatic rings. The first-order valence-electron chi connectivity index (χ1n) is 9.40. The molecule has 2 rings (SSSR count). The molecule has 26 heavy (non-hydrogen) atoms. The fourth-order valence-electron chi connectivity index (χ4n) is 3.60. The molecule has 0 unspecified atom stereocenters. The Labute approximate surface area is 156 Å². The molecule has 0 radical (unpaired) electrons. The maximum absolute atomic E-state index is 13.1. The van der Waals surface area contributed by atoms with Crippen LogP contribution in [-0.4, -0.2) is 59.7 Å². The second kappa shape index (κ2) is 7.78. The number of aliphatic imine (C=N–C) groups is 1. The molecule has 2 amide bonds. The van der Waals surface area contributed by atoms with E-state index in [1.807, 2.05) is 27.7 Å². The van der Waals surface area contributed by atoms with Crippen LogP contribution in [-0.2, 0) is 9.59 Å². The maximum atomic E-state index is 13.1. The van der Waals surface area contributed by atoms with Crippen molar-refractivity contribution in [2.24, 2.45) is 28.3 Å². The van der Waals surface area contributed by atoms with Gasteiger partial charge in [0, 0.05) is 23.6 Å². The number of rotatable bonds is 4. The van der Waals surface area contributed by atoms with Crippen molar-refractivity contribution in [1.29, 1.82) is 0 Å². The number of hydrogen-bond acceptors (Lipinski definition) is 4. The Morgan fingerprint density at radius 1 is 1.27 bits per heavy atom. The van der Waals surface area contributed by atoms with Crippen molar-refractivity contribution in [2.75, 3.05) is 26.7 Å². The predicted octanol–water partition coefficient (Wildman–Crippen LogP) is 1.09. The summed E-state index contributed by atoms with van der Waals surface area (Å²) >= 11 is 0. The highest BCUT2D eigenvalue weighted by atomic mass is 16.2. The Morgan fingerprint density at radius 2 is 1.85 bits per heavy atom. The Balaban J connectivity index is 2.16. The van der Waals surface area contributed by atoms with Gasteiger partial charge in [0.15, 0.2) is 0 Å². The number of hydrogen-bond donors (Lipinski definition) is 2. The van der Waals surface area contributed by atoms with Crippen molar-refractivity contribution in [3.8, 4) is 0 Å². The molecule has 0 spiro atoms. The van der Waals surface area contributed by atoms with Gasteiger partial charge in [-0.05, 0) is 52.7 Å². The number of nitrogens with two attached hydrogens (primary N) is 2. The average Bonchev–Trinajstić information content (AvgIpc) is 2.77. The minimum atomic E-state index is -0.628. The molecule has 2 aliphatic heterocycles. The third-order valence-electron chi connectivity index (χ3n) is 5.45. The second-order valence-electron chi connectivity index (χ2n) is 8.44. The summed E-state index contributed by atoms with van der Waals surface area (Å²) in [4.78, 5) is 33.1. The highest BCUT2D eigenvalue weighted by Gasteiger charge is 2.44. The van der Waals surface area contributed by atoms with Crippen LogP contribution in [0.3, 0.4) is 0 Å². The summed E-state index contributed by atoms with van der Waals surface area (Å²) in [5, 5.41) is 0. The molecular weight excluding hydrogens is 330 g/mol. The molecule has 2 heterocycles. The molecule has 146 valence electrons. The molecule has 1 fully saturated rings. The standard InChI is InChI=1S/C19H33N5O2/c1-12(2)10-15(25)22-17(21)14-11-24(19(3,4)16(14)20)18(26)13-6-8-23(5)9-7-13/h12-13H,6-11,20H2,1-5H3,(H2,21,22,25). The topological polar surface area (TPSA) is 105 Å². The SMILES string of the molecule is CC(C)CC(=O)N=C(N)C1=C(N)C(C)(C)N(C(=O)C2CCN(C)CC2)C1. The molecule has 7 heteroatoms. The van der Waals surface area contributed by atoms with Crippen molar-refractivity contribution < 1.29 is 9.59 Å². The molecule has 0 aromatic rings. The zero-order valence-corrected chi connectivity index (χ0v) is 16.7. The predicted molar refractivity (Wildman–Crippen MR) is 103 cm³/mol. The largest absolute Gasteiger partial charge is 0.400 e. The lowest BCUT2D eigenvalue weighted by molar-refractivity contribution is -0.139. The van der Waals surface area contributed by atoms with Gasteiger partial charge in [0.05, 0.1) is 12.1 Å². The van der Waals surface area contributed by atoms with E-state index >= 15 is 0 Å². The number of amides is 2. The number of carbonyl (C=O) groups is 2. The molecule has 0 saturated carbocycles.